The number of aryl methyl sites for hydroxylation is 1. The van der Waals surface area contributed by atoms with E-state index >= 15 is 0 Å². The molecule has 0 aliphatic carbocycles. The van der Waals surface area contributed by atoms with Gasteiger partial charge in [0.15, 0.2) is 0 Å². The minimum Gasteiger partial charge on any atom is -0.303 e. The first-order valence-corrected chi connectivity index (χ1v) is 6.86. The number of nitrogens with zero attached hydrogens (tertiary/aromatic N) is 3. The van der Waals surface area contributed by atoms with Gasteiger partial charge in [0, 0.05) is 24.2 Å². The molecule has 0 aliphatic heterocycles. The highest BCUT2D eigenvalue weighted by Gasteiger charge is 2.13. The van der Waals surface area contributed by atoms with E-state index in [4.69, 9.17) is 5.26 Å². The maximum Gasteiger partial charge on any atom is 0.148 e. The van der Waals surface area contributed by atoms with E-state index in [1.54, 1.807) is 11.3 Å². The summed E-state index contributed by atoms with van der Waals surface area (Å²) in [5, 5.41) is 15.2. The Hall–Kier alpha value is -0.960. The number of aromatic nitrogens is 1. The molecule has 1 aromatic heterocycles. The molecule has 0 spiro atoms. The lowest BCUT2D eigenvalue weighted by atomic mass is 10.3. The maximum absolute atomic E-state index is 9.11. The number of nitriles is 1. The molecule has 17 heavy (non-hydrogen) atoms. The van der Waals surface area contributed by atoms with Gasteiger partial charge in [0.05, 0.1) is 6.07 Å². The standard InChI is InChI=1S/C12H20N4S/c1-4-16(5-2)7-6-14-11(8-13)12-15-10(3)9-17-12/h9,11,14H,4-7H2,1-3H3. The first-order valence-electron chi connectivity index (χ1n) is 5.98. The highest BCUT2D eigenvalue weighted by Crippen LogP contribution is 2.16. The maximum atomic E-state index is 9.11. The van der Waals surface area contributed by atoms with Gasteiger partial charge in [-0.1, -0.05) is 13.8 Å². The quantitative estimate of drug-likeness (QED) is 0.806. The van der Waals surface area contributed by atoms with Crippen LogP contribution in [0.1, 0.15) is 30.6 Å². The van der Waals surface area contributed by atoms with E-state index in [2.05, 4.69) is 35.1 Å². The van der Waals surface area contributed by atoms with Crippen LogP contribution in [0.4, 0.5) is 0 Å². The molecule has 1 atom stereocenters. The Morgan fingerprint density at radius 1 is 1.53 bits per heavy atom. The zero-order chi connectivity index (χ0) is 12.7. The molecule has 0 aliphatic rings. The van der Waals surface area contributed by atoms with Gasteiger partial charge >= 0.3 is 0 Å². The number of likely N-dealkylation sites (N-methyl/N-ethyl adjacent to an activating group) is 1. The predicted octanol–water partition coefficient (Wildman–Crippen LogP) is 1.95. The van der Waals surface area contributed by atoms with Crippen LogP contribution in [0.2, 0.25) is 0 Å². The van der Waals surface area contributed by atoms with Crippen LogP contribution in [0.5, 0.6) is 0 Å². The molecule has 0 saturated carbocycles. The summed E-state index contributed by atoms with van der Waals surface area (Å²) in [6, 6.07) is 1.99. The Balaban J connectivity index is 2.41. The Bertz CT molecular complexity index is 365. The van der Waals surface area contributed by atoms with E-state index in [0.717, 1.165) is 36.9 Å². The molecule has 4 nitrogen and oxygen atoms in total. The molecule has 0 fully saturated rings. The number of rotatable bonds is 7. The monoisotopic (exact) mass is 252 g/mol. The van der Waals surface area contributed by atoms with Crippen molar-refractivity contribution in [3.63, 3.8) is 0 Å². The third-order valence-electron chi connectivity index (χ3n) is 2.68. The van der Waals surface area contributed by atoms with Gasteiger partial charge in [-0.15, -0.1) is 11.3 Å². The van der Waals surface area contributed by atoms with Gasteiger partial charge < -0.3 is 4.90 Å². The lowest BCUT2D eigenvalue weighted by molar-refractivity contribution is 0.300. The lowest BCUT2D eigenvalue weighted by Crippen LogP contribution is -2.33. The van der Waals surface area contributed by atoms with Crippen LogP contribution < -0.4 is 5.32 Å². The fourth-order valence-corrected chi connectivity index (χ4v) is 2.41. The Kier molecular flexibility index (Phi) is 6.12. The van der Waals surface area contributed by atoms with Gasteiger partial charge in [0.2, 0.25) is 0 Å². The van der Waals surface area contributed by atoms with Gasteiger partial charge in [0.25, 0.3) is 0 Å². The summed E-state index contributed by atoms with van der Waals surface area (Å²) < 4.78 is 0. The molecule has 5 heteroatoms. The predicted molar refractivity (Wildman–Crippen MR) is 71.0 cm³/mol. The molecule has 1 aromatic rings. The molecule has 0 saturated heterocycles. The van der Waals surface area contributed by atoms with Crippen molar-refractivity contribution in [1.29, 1.82) is 5.26 Å². The average Bonchev–Trinajstić information content (AvgIpc) is 2.76. The van der Waals surface area contributed by atoms with Crippen LogP contribution in [0, 0.1) is 18.3 Å². The summed E-state index contributed by atoms with van der Waals surface area (Å²) >= 11 is 1.54. The van der Waals surface area contributed by atoms with E-state index in [9.17, 15) is 0 Å². The molecule has 0 aromatic carbocycles. The van der Waals surface area contributed by atoms with Gasteiger partial charge in [-0.2, -0.15) is 5.26 Å². The molecular formula is C12H20N4S. The van der Waals surface area contributed by atoms with E-state index in [1.807, 2.05) is 12.3 Å². The van der Waals surface area contributed by atoms with Gasteiger partial charge in [-0.25, -0.2) is 4.98 Å². The van der Waals surface area contributed by atoms with Crippen molar-refractivity contribution in [2.24, 2.45) is 0 Å². The zero-order valence-corrected chi connectivity index (χ0v) is 11.5. The molecular weight excluding hydrogens is 232 g/mol. The first kappa shape index (κ1) is 14.1. The highest BCUT2D eigenvalue weighted by atomic mass is 32.1. The topological polar surface area (TPSA) is 52.0 Å². The number of hydrogen-bond donors (Lipinski definition) is 1. The molecule has 94 valence electrons. The van der Waals surface area contributed by atoms with Crippen molar-refractivity contribution >= 4 is 11.3 Å². The number of nitrogens with one attached hydrogen (secondary N) is 1. The van der Waals surface area contributed by atoms with Crippen molar-refractivity contribution in [1.82, 2.24) is 15.2 Å². The third-order valence-corrected chi connectivity index (χ3v) is 3.71. The molecule has 0 amide bonds. The Morgan fingerprint density at radius 3 is 2.71 bits per heavy atom. The second-order valence-corrected chi connectivity index (χ2v) is 4.76. The molecule has 0 radical (unpaired) electrons. The van der Waals surface area contributed by atoms with E-state index in [-0.39, 0.29) is 6.04 Å². The van der Waals surface area contributed by atoms with Crippen molar-refractivity contribution in [3.05, 3.63) is 16.1 Å². The summed E-state index contributed by atoms with van der Waals surface area (Å²) in [5.41, 5.74) is 0.982. The van der Waals surface area contributed by atoms with E-state index < -0.39 is 0 Å². The highest BCUT2D eigenvalue weighted by molar-refractivity contribution is 7.09. The summed E-state index contributed by atoms with van der Waals surface area (Å²) in [6.07, 6.45) is 0. The Morgan fingerprint density at radius 2 is 2.24 bits per heavy atom. The minimum absolute atomic E-state index is 0.274. The SMILES string of the molecule is CCN(CC)CCNC(C#N)c1nc(C)cs1. The third kappa shape index (κ3) is 4.43. The normalized spacial score (nSPS) is 12.6. The van der Waals surface area contributed by atoms with Crippen molar-refractivity contribution in [2.75, 3.05) is 26.2 Å². The number of hydrogen-bond acceptors (Lipinski definition) is 5. The summed E-state index contributed by atoms with van der Waals surface area (Å²) in [7, 11) is 0. The summed E-state index contributed by atoms with van der Waals surface area (Å²) in [4.78, 5) is 6.67. The smallest absolute Gasteiger partial charge is 0.148 e. The second kappa shape index (κ2) is 7.38. The molecule has 1 heterocycles. The molecule has 0 bridgehead atoms. The van der Waals surface area contributed by atoms with Crippen LogP contribution in [0.25, 0.3) is 0 Å². The van der Waals surface area contributed by atoms with Crippen LogP contribution in [-0.4, -0.2) is 36.1 Å². The van der Waals surface area contributed by atoms with Gasteiger partial charge in [0.1, 0.15) is 11.0 Å². The van der Waals surface area contributed by atoms with Gasteiger partial charge in [-0.3, -0.25) is 5.32 Å². The number of thiazole rings is 1. The minimum atomic E-state index is -0.274. The largest absolute Gasteiger partial charge is 0.303 e. The van der Waals surface area contributed by atoms with E-state index in [0.29, 0.717) is 0 Å². The summed E-state index contributed by atoms with van der Waals surface area (Å²) in [5.74, 6) is 0. The molecule has 1 unspecified atom stereocenters. The lowest BCUT2D eigenvalue weighted by Gasteiger charge is -2.18. The van der Waals surface area contributed by atoms with E-state index in [1.165, 1.54) is 0 Å². The fraction of sp³-hybridized carbons (Fsp3) is 0.667. The van der Waals surface area contributed by atoms with Crippen LogP contribution in [0.15, 0.2) is 5.38 Å². The van der Waals surface area contributed by atoms with Crippen molar-refractivity contribution in [2.45, 2.75) is 26.8 Å². The molecule has 1 N–H and O–H groups in total. The fourth-order valence-electron chi connectivity index (χ4n) is 1.60. The van der Waals surface area contributed by atoms with Crippen molar-refractivity contribution in [3.8, 4) is 6.07 Å². The van der Waals surface area contributed by atoms with Crippen LogP contribution in [-0.2, 0) is 0 Å². The first-order chi connectivity index (χ1) is 8.21. The zero-order valence-electron chi connectivity index (χ0n) is 10.7. The molecule has 1 rings (SSSR count). The Labute approximate surface area is 107 Å². The van der Waals surface area contributed by atoms with Gasteiger partial charge in [-0.05, 0) is 20.0 Å². The average molecular weight is 252 g/mol. The summed E-state index contributed by atoms with van der Waals surface area (Å²) in [6.45, 7) is 10.1. The van der Waals surface area contributed by atoms with Crippen molar-refractivity contribution < 1.29 is 0 Å². The van der Waals surface area contributed by atoms with Crippen LogP contribution in [0.3, 0.4) is 0 Å². The second-order valence-electron chi connectivity index (χ2n) is 3.87. The van der Waals surface area contributed by atoms with Crippen LogP contribution >= 0.6 is 11.3 Å².